The van der Waals surface area contributed by atoms with Gasteiger partial charge in [0, 0.05) is 20.2 Å². The molecule has 0 spiro atoms. The Balaban J connectivity index is 2.71. The molecule has 0 saturated carbocycles. The maximum atomic E-state index is 12.9. The average molecular weight is 257 g/mol. The molecule has 0 aromatic heterocycles. The molecular weight excluding hydrogens is 242 g/mol. The Kier molecular flexibility index (Phi) is 4.35. The number of rotatable bonds is 3. The van der Waals surface area contributed by atoms with Crippen LogP contribution >= 0.6 is 0 Å². The lowest BCUT2D eigenvalue weighted by atomic mass is 9.95. The van der Waals surface area contributed by atoms with Gasteiger partial charge in [0.15, 0.2) is 0 Å². The number of hydrogen-bond acceptors (Lipinski definition) is 2. The SMILES string of the molecule is COC1CN(C(=O)C(F)(F)C(F)F)CCC1C. The highest BCUT2D eigenvalue weighted by atomic mass is 19.3. The van der Waals surface area contributed by atoms with E-state index in [-0.39, 0.29) is 25.1 Å². The Bertz CT molecular complexity index is 285. The molecule has 2 atom stereocenters. The third-order valence-electron chi connectivity index (χ3n) is 3.04. The monoisotopic (exact) mass is 257 g/mol. The fourth-order valence-corrected chi connectivity index (χ4v) is 1.83. The number of carbonyl (C=O) groups excluding carboxylic acids is 1. The molecule has 0 aromatic rings. The molecule has 7 heteroatoms. The Morgan fingerprint density at radius 1 is 1.47 bits per heavy atom. The van der Waals surface area contributed by atoms with E-state index in [0.717, 1.165) is 4.90 Å². The van der Waals surface area contributed by atoms with Crippen LogP contribution in [0.3, 0.4) is 0 Å². The number of alkyl halides is 4. The predicted octanol–water partition coefficient (Wildman–Crippen LogP) is 1.77. The van der Waals surface area contributed by atoms with Crippen LogP contribution in [0.1, 0.15) is 13.3 Å². The first-order valence-electron chi connectivity index (χ1n) is 5.28. The summed E-state index contributed by atoms with van der Waals surface area (Å²) < 4.78 is 54.9. The summed E-state index contributed by atoms with van der Waals surface area (Å²) in [5, 5.41) is 0. The van der Waals surface area contributed by atoms with Crippen molar-refractivity contribution in [2.24, 2.45) is 5.92 Å². The molecule has 0 aromatic carbocycles. The second kappa shape index (κ2) is 5.20. The highest BCUT2D eigenvalue weighted by Gasteiger charge is 2.52. The van der Waals surface area contributed by atoms with Gasteiger partial charge in [-0.2, -0.15) is 8.78 Å². The first kappa shape index (κ1) is 14.2. The van der Waals surface area contributed by atoms with Gasteiger partial charge >= 0.3 is 12.3 Å². The maximum absolute atomic E-state index is 12.9. The summed E-state index contributed by atoms with van der Waals surface area (Å²) in [5.74, 6) is -6.32. The smallest absolute Gasteiger partial charge is 0.379 e. The summed E-state index contributed by atoms with van der Waals surface area (Å²) >= 11 is 0. The fraction of sp³-hybridized carbons (Fsp3) is 0.900. The zero-order valence-corrected chi connectivity index (χ0v) is 9.63. The van der Waals surface area contributed by atoms with Crippen LogP contribution in [0.2, 0.25) is 0 Å². The van der Waals surface area contributed by atoms with E-state index in [1.165, 1.54) is 7.11 Å². The van der Waals surface area contributed by atoms with Crippen molar-refractivity contribution in [1.82, 2.24) is 4.90 Å². The van der Waals surface area contributed by atoms with E-state index in [1.807, 2.05) is 6.92 Å². The van der Waals surface area contributed by atoms with Crippen LogP contribution in [0.15, 0.2) is 0 Å². The predicted molar refractivity (Wildman–Crippen MR) is 52.1 cm³/mol. The second-order valence-electron chi connectivity index (χ2n) is 4.21. The Morgan fingerprint density at radius 3 is 2.53 bits per heavy atom. The van der Waals surface area contributed by atoms with Crippen LogP contribution in [0.4, 0.5) is 17.6 Å². The van der Waals surface area contributed by atoms with Crippen LogP contribution in [0.5, 0.6) is 0 Å². The summed E-state index contributed by atoms with van der Waals surface area (Å²) in [4.78, 5) is 12.0. The lowest BCUT2D eigenvalue weighted by molar-refractivity contribution is -0.184. The number of halogens is 4. The van der Waals surface area contributed by atoms with Crippen LogP contribution in [0, 0.1) is 5.92 Å². The molecule has 1 fully saturated rings. The topological polar surface area (TPSA) is 29.5 Å². The molecule has 1 rings (SSSR count). The third-order valence-corrected chi connectivity index (χ3v) is 3.04. The van der Waals surface area contributed by atoms with Gasteiger partial charge in [-0.15, -0.1) is 0 Å². The van der Waals surface area contributed by atoms with E-state index < -0.39 is 18.3 Å². The third kappa shape index (κ3) is 2.88. The van der Waals surface area contributed by atoms with E-state index >= 15 is 0 Å². The van der Waals surface area contributed by atoms with E-state index in [0.29, 0.717) is 6.42 Å². The molecule has 1 heterocycles. The van der Waals surface area contributed by atoms with Gasteiger partial charge in [0.2, 0.25) is 0 Å². The van der Waals surface area contributed by atoms with Gasteiger partial charge < -0.3 is 9.64 Å². The van der Waals surface area contributed by atoms with Gasteiger partial charge in [-0.25, -0.2) is 8.78 Å². The molecule has 0 N–H and O–H groups in total. The molecule has 1 saturated heterocycles. The lowest BCUT2D eigenvalue weighted by Gasteiger charge is -2.37. The number of ether oxygens (including phenoxy) is 1. The molecule has 1 aliphatic rings. The summed E-state index contributed by atoms with van der Waals surface area (Å²) in [7, 11) is 1.40. The second-order valence-corrected chi connectivity index (χ2v) is 4.21. The molecule has 0 bridgehead atoms. The average Bonchev–Trinajstić information content (AvgIpc) is 2.28. The summed E-state index contributed by atoms with van der Waals surface area (Å²) in [6.45, 7) is 1.85. The Morgan fingerprint density at radius 2 is 2.06 bits per heavy atom. The molecule has 17 heavy (non-hydrogen) atoms. The molecular formula is C10H15F4NO2. The Hall–Kier alpha value is -0.850. The normalized spacial score (nSPS) is 26.4. The number of amides is 1. The van der Waals surface area contributed by atoms with E-state index in [2.05, 4.69) is 0 Å². The minimum atomic E-state index is -4.61. The minimum absolute atomic E-state index is 0.0577. The zero-order valence-electron chi connectivity index (χ0n) is 9.63. The molecule has 2 unspecified atom stereocenters. The number of methoxy groups -OCH3 is 1. The van der Waals surface area contributed by atoms with Crippen molar-refractivity contribution in [1.29, 1.82) is 0 Å². The largest absolute Gasteiger partial charge is 0.383 e. The molecule has 3 nitrogen and oxygen atoms in total. The number of piperidine rings is 1. The molecule has 0 radical (unpaired) electrons. The number of likely N-dealkylation sites (tertiary alicyclic amines) is 1. The number of carbonyl (C=O) groups is 1. The highest BCUT2D eigenvalue weighted by Crippen LogP contribution is 2.28. The van der Waals surface area contributed by atoms with Crippen molar-refractivity contribution >= 4 is 5.91 Å². The fourth-order valence-electron chi connectivity index (χ4n) is 1.83. The van der Waals surface area contributed by atoms with Crippen LogP contribution in [0.25, 0.3) is 0 Å². The van der Waals surface area contributed by atoms with Crippen molar-refractivity contribution in [3.8, 4) is 0 Å². The van der Waals surface area contributed by atoms with Gasteiger partial charge in [0.25, 0.3) is 5.91 Å². The molecule has 100 valence electrons. The minimum Gasteiger partial charge on any atom is -0.379 e. The van der Waals surface area contributed by atoms with Crippen molar-refractivity contribution in [3.05, 3.63) is 0 Å². The first-order valence-corrected chi connectivity index (χ1v) is 5.28. The molecule has 0 aliphatic carbocycles. The molecule has 1 aliphatic heterocycles. The zero-order chi connectivity index (χ0) is 13.2. The number of hydrogen-bond donors (Lipinski definition) is 0. The summed E-state index contributed by atoms with van der Waals surface area (Å²) in [5.41, 5.74) is 0. The lowest BCUT2D eigenvalue weighted by Crippen LogP contribution is -2.54. The maximum Gasteiger partial charge on any atom is 0.383 e. The van der Waals surface area contributed by atoms with Gasteiger partial charge in [-0.3, -0.25) is 4.79 Å². The van der Waals surface area contributed by atoms with Gasteiger partial charge in [-0.05, 0) is 12.3 Å². The van der Waals surface area contributed by atoms with Gasteiger partial charge in [0.05, 0.1) is 6.10 Å². The van der Waals surface area contributed by atoms with Crippen LogP contribution < -0.4 is 0 Å². The standard InChI is InChI=1S/C10H15F4NO2/c1-6-3-4-15(5-7(6)17-2)9(16)10(13,14)8(11)12/h6-8H,3-5H2,1-2H3. The Labute approximate surface area is 96.7 Å². The quantitative estimate of drug-likeness (QED) is 0.721. The summed E-state index contributed by atoms with van der Waals surface area (Å²) in [6, 6.07) is 0. The van der Waals surface area contributed by atoms with Crippen LogP contribution in [-0.4, -0.2) is 49.5 Å². The first-order chi connectivity index (χ1) is 7.80. The number of nitrogens with zero attached hydrogens (tertiary/aromatic N) is 1. The van der Waals surface area contributed by atoms with E-state index in [1.54, 1.807) is 0 Å². The van der Waals surface area contributed by atoms with E-state index in [4.69, 9.17) is 4.74 Å². The van der Waals surface area contributed by atoms with Crippen molar-refractivity contribution in [2.45, 2.75) is 31.8 Å². The van der Waals surface area contributed by atoms with Crippen molar-refractivity contribution in [2.75, 3.05) is 20.2 Å². The van der Waals surface area contributed by atoms with Crippen LogP contribution in [-0.2, 0) is 9.53 Å². The van der Waals surface area contributed by atoms with Crippen molar-refractivity contribution < 1.29 is 27.1 Å². The van der Waals surface area contributed by atoms with E-state index in [9.17, 15) is 22.4 Å². The highest BCUT2D eigenvalue weighted by molar-refractivity contribution is 5.84. The van der Waals surface area contributed by atoms with Gasteiger partial charge in [0.1, 0.15) is 0 Å². The van der Waals surface area contributed by atoms with Crippen molar-refractivity contribution in [3.63, 3.8) is 0 Å². The summed E-state index contributed by atoms with van der Waals surface area (Å²) in [6.07, 6.45) is -3.90. The molecule has 1 amide bonds. The van der Waals surface area contributed by atoms with Gasteiger partial charge in [-0.1, -0.05) is 6.92 Å².